The van der Waals surface area contributed by atoms with Gasteiger partial charge in [0.2, 0.25) is 0 Å². The molecule has 0 saturated heterocycles. The molecule has 1 aromatic carbocycles. The Morgan fingerprint density at radius 1 is 1.25 bits per heavy atom. The van der Waals surface area contributed by atoms with Crippen molar-refractivity contribution in [1.82, 2.24) is 4.98 Å². The molecule has 0 aliphatic rings. The van der Waals surface area contributed by atoms with E-state index in [1.807, 2.05) is 0 Å². The third-order valence-corrected chi connectivity index (χ3v) is 2.21. The van der Waals surface area contributed by atoms with E-state index in [0.717, 1.165) is 0 Å². The van der Waals surface area contributed by atoms with E-state index in [2.05, 4.69) is 4.98 Å². The van der Waals surface area contributed by atoms with E-state index in [1.165, 1.54) is 19.4 Å². The lowest BCUT2D eigenvalue weighted by Crippen LogP contribution is -1.92. The van der Waals surface area contributed by atoms with Gasteiger partial charge in [-0.15, -0.1) is 0 Å². The largest absolute Gasteiger partial charge is 0.506 e. The fraction of sp³-hybridized carbons (Fsp3) is 0.0833. The molecule has 0 aliphatic heterocycles. The first-order valence-corrected chi connectivity index (χ1v) is 4.70. The lowest BCUT2D eigenvalue weighted by Gasteiger charge is -2.06. The molecule has 0 amide bonds. The maximum Gasteiger partial charge on any atom is 0.174 e. The summed E-state index contributed by atoms with van der Waals surface area (Å²) < 4.78 is 18.7. The number of ether oxygens (including phenoxy) is 1. The first-order valence-electron chi connectivity index (χ1n) is 4.70. The van der Waals surface area contributed by atoms with Crippen molar-refractivity contribution >= 4 is 0 Å². The van der Waals surface area contributed by atoms with E-state index in [1.54, 1.807) is 24.3 Å². The third kappa shape index (κ3) is 1.82. The predicted octanol–water partition coefficient (Wildman–Crippen LogP) is 2.60. The van der Waals surface area contributed by atoms with E-state index in [-0.39, 0.29) is 11.5 Å². The summed E-state index contributed by atoms with van der Waals surface area (Å²) in [6.07, 6.45) is 1.27. The molecule has 2 rings (SSSR count). The first-order chi connectivity index (χ1) is 7.72. The van der Waals surface area contributed by atoms with Gasteiger partial charge in [0.25, 0.3) is 0 Å². The molecule has 0 spiro atoms. The van der Waals surface area contributed by atoms with Crippen LogP contribution in [-0.4, -0.2) is 17.2 Å². The minimum absolute atomic E-state index is 0.0482. The highest BCUT2D eigenvalue weighted by Gasteiger charge is 2.10. The molecular weight excluding hydrogens is 209 g/mol. The average molecular weight is 219 g/mol. The minimum Gasteiger partial charge on any atom is -0.506 e. The number of hydrogen-bond acceptors (Lipinski definition) is 3. The Hall–Kier alpha value is -2.10. The summed E-state index contributed by atoms with van der Waals surface area (Å²) in [5, 5.41) is 9.09. The molecule has 0 saturated carbocycles. The highest BCUT2D eigenvalue weighted by Crippen LogP contribution is 2.28. The van der Waals surface area contributed by atoms with Gasteiger partial charge in [-0.2, -0.15) is 0 Å². The second-order valence-corrected chi connectivity index (χ2v) is 3.22. The molecule has 1 N–H and O–H groups in total. The number of rotatable bonds is 2. The van der Waals surface area contributed by atoms with Crippen molar-refractivity contribution in [2.45, 2.75) is 0 Å². The van der Waals surface area contributed by atoms with Crippen molar-refractivity contribution in [2.24, 2.45) is 0 Å². The molecule has 3 nitrogen and oxygen atoms in total. The van der Waals surface area contributed by atoms with Gasteiger partial charge in [-0.05, 0) is 24.3 Å². The fourth-order valence-electron chi connectivity index (χ4n) is 1.41. The standard InChI is InChI=1S/C12H10FNO2/c1-16-11-4-2-3-9(12(11)13)10-6-5-8(15)7-14-10/h2-7,15H,1H3. The highest BCUT2D eigenvalue weighted by atomic mass is 19.1. The van der Waals surface area contributed by atoms with Gasteiger partial charge in [0.15, 0.2) is 11.6 Å². The molecule has 1 heterocycles. The van der Waals surface area contributed by atoms with Gasteiger partial charge < -0.3 is 9.84 Å². The van der Waals surface area contributed by atoms with Crippen molar-refractivity contribution in [1.29, 1.82) is 0 Å². The van der Waals surface area contributed by atoms with Crippen LogP contribution in [0.2, 0.25) is 0 Å². The SMILES string of the molecule is COc1cccc(-c2ccc(O)cn2)c1F. The van der Waals surface area contributed by atoms with Crippen LogP contribution in [0.5, 0.6) is 11.5 Å². The van der Waals surface area contributed by atoms with Crippen LogP contribution >= 0.6 is 0 Å². The maximum absolute atomic E-state index is 13.8. The fourth-order valence-corrected chi connectivity index (χ4v) is 1.41. The number of nitrogens with zero attached hydrogens (tertiary/aromatic N) is 1. The number of hydrogen-bond donors (Lipinski definition) is 1. The zero-order valence-electron chi connectivity index (χ0n) is 8.64. The molecule has 0 radical (unpaired) electrons. The molecule has 82 valence electrons. The first kappa shape index (κ1) is 10.4. The Morgan fingerprint density at radius 2 is 2.06 bits per heavy atom. The van der Waals surface area contributed by atoms with Gasteiger partial charge in [-0.25, -0.2) is 4.39 Å². The molecule has 0 fully saturated rings. The summed E-state index contributed by atoms with van der Waals surface area (Å²) in [5.74, 6) is -0.234. The van der Waals surface area contributed by atoms with Crippen LogP contribution in [0, 0.1) is 5.82 Å². The van der Waals surface area contributed by atoms with Gasteiger partial charge in [0.1, 0.15) is 5.75 Å². The number of halogens is 1. The lowest BCUT2D eigenvalue weighted by atomic mass is 10.1. The van der Waals surface area contributed by atoms with E-state index in [9.17, 15) is 4.39 Å². The van der Waals surface area contributed by atoms with Crippen molar-refractivity contribution in [3.8, 4) is 22.8 Å². The minimum atomic E-state index is -0.455. The summed E-state index contributed by atoms with van der Waals surface area (Å²) in [4.78, 5) is 3.94. The van der Waals surface area contributed by atoms with Gasteiger partial charge in [0, 0.05) is 5.56 Å². The molecule has 4 heteroatoms. The Balaban J connectivity index is 2.51. The summed E-state index contributed by atoms with van der Waals surface area (Å²) in [7, 11) is 1.41. The van der Waals surface area contributed by atoms with Gasteiger partial charge in [0.05, 0.1) is 19.0 Å². The van der Waals surface area contributed by atoms with Crippen LogP contribution in [0.25, 0.3) is 11.3 Å². The monoisotopic (exact) mass is 219 g/mol. The number of benzene rings is 1. The molecule has 0 atom stereocenters. The summed E-state index contributed by atoms with van der Waals surface area (Å²) in [5.41, 5.74) is 0.800. The van der Waals surface area contributed by atoms with Gasteiger partial charge in [-0.1, -0.05) is 6.07 Å². The normalized spacial score (nSPS) is 10.1. The van der Waals surface area contributed by atoms with Crippen LogP contribution in [0.4, 0.5) is 4.39 Å². The molecule has 0 bridgehead atoms. The smallest absolute Gasteiger partial charge is 0.174 e. The molecular formula is C12H10FNO2. The van der Waals surface area contributed by atoms with Crippen molar-refractivity contribution < 1.29 is 14.2 Å². The Kier molecular flexibility index (Phi) is 2.72. The maximum atomic E-state index is 13.8. The average Bonchev–Trinajstić information content (AvgIpc) is 2.31. The van der Waals surface area contributed by atoms with Crippen LogP contribution in [0.1, 0.15) is 0 Å². The molecule has 16 heavy (non-hydrogen) atoms. The summed E-state index contributed by atoms with van der Waals surface area (Å²) >= 11 is 0. The Morgan fingerprint density at radius 3 is 2.69 bits per heavy atom. The number of pyridine rings is 1. The van der Waals surface area contributed by atoms with Crippen LogP contribution < -0.4 is 4.74 Å². The highest BCUT2D eigenvalue weighted by molar-refractivity contribution is 5.62. The van der Waals surface area contributed by atoms with E-state index < -0.39 is 5.82 Å². The van der Waals surface area contributed by atoms with E-state index >= 15 is 0 Å². The quantitative estimate of drug-likeness (QED) is 0.844. The van der Waals surface area contributed by atoms with Gasteiger partial charge >= 0.3 is 0 Å². The summed E-state index contributed by atoms with van der Waals surface area (Å²) in [6, 6.07) is 7.84. The van der Waals surface area contributed by atoms with Crippen molar-refractivity contribution in [3.63, 3.8) is 0 Å². The van der Waals surface area contributed by atoms with Crippen molar-refractivity contribution in [2.75, 3.05) is 7.11 Å². The molecule has 0 aliphatic carbocycles. The van der Waals surface area contributed by atoms with Gasteiger partial charge in [-0.3, -0.25) is 4.98 Å². The second kappa shape index (κ2) is 4.18. The van der Waals surface area contributed by atoms with E-state index in [0.29, 0.717) is 11.3 Å². The topological polar surface area (TPSA) is 42.4 Å². The van der Waals surface area contributed by atoms with E-state index in [4.69, 9.17) is 9.84 Å². The van der Waals surface area contributed by atoms with Crippen LogP contribution in [0.3, 0.4) is 0 Å². The summed E-state index contributed by atoms with van der Waals surface area (Å²) in [6.45, 7) is 0. The molecule has 0 unspecified atom stereocenters. The predicted molar refractivity (Wildman–Crippen MR) is 57.8 cm³/mol. The molecule has 1 aromatic heterocycles. The zero-order valence-corrected chi connectivity index (χ0v) is 8.64. The van der Waals surface area contributed by atoms with Crippen LogP contribution in [-0.2, 0) is 0 Å². The number of aromatic nitrogens is 1. The Bertz CT molecular complexity index is 497. The van der Waals surface area contributed by atoms with Crippen LogP contribution in [0.15, 0.2) is 36.5 Å². The number of aromatic hydroxyl groups is 1. The zero-order chi connectivity index (χ0) is 11.5. The lowest BCUT2D eigenvalue weighted by molar-refractivity contribution is 0.387. The van der Waals surface area contributed by atoms with Crippen molar-refractivity contribution in [3.05, 3.63) is 42.3 Å². The molecule has 2 aromatic rings. The third-order valence-electron chi connectivity index (χ3n) is 2.21. The number of methoxy groups -OCH3 is 1. The Labute approximate surface area is 92.1 Å². The second-order valence-electron chi connectivity index (χ2n) is 3.22.